The van der Waals surface area contributed by atoms with Gasteiger partial charge in [0.15, 0.2) is 31.3 Å². The van der Waals surface area contributed by atoms with Crippen molar-refractivity contribution >= 4 is 5.97 Å². The molecule has 46 heavy (non-hydrogen) atoms. The monoisotopic (exact) mass is 678 g/mol. The van der Waals surface area contributed by atoms with E-state index in [1.54, 1.807) is 0 Å². The number of carbonyl (C=O) groups is 1. The van der Waals surface area contributed by atoms with Gasteiger partial charge in [-0.2, -0.15) is 0 Å². The summed E-state index contributed by atoms with van der Waals surface area (Å²) in [5.41, 5.74) is 0. The molecule has 4 rings (SSSR count). The highest BCUT2D eigenvalue weighted by molar-refractivity contribution is 5.66. The van der Waals surface area contributed by atoms with E-state index in [-0.39, 0.29) is 0 Å². The number of rotatable bonds is 10. The zero-order chi connectivity index (χ0) is 34.0. The number of hydrogen-bond donors (Lipinski definition) is 12. The van der Waals surface area contributed by atoms with Crippen LogP contribution in [0.25, 0.3) is 0 Å². The molecule has 268 valence electrons. The van der Waals surface area contributed by atoms with Crippen LogP contribution in [0.5, 0.6) is 0 Å². The third-order valence-corrected chi connectivity index (χ3v) is 8.09. The van der Waals surface area contributed by atoms with Crippen molar-refractivity contribution in [2.24, 2.45) is 0 Å². The minimum absolute atomic E-state index is 0.537. The first-order chi connectivity index (χ1) is 21.7. The van der Waals surface area contributed by atoms with Crippen LogP contribution in [0.3, 0.4) is 0 Å². The third kappa shape index (κ3) is 7.78. The summed E-state index contributed by atoms with van der Waals surface area (Å²) in [4.78, 5) is 11.6. The maximum absolute atomic E-state index is 11.6. The fourth-order valence-electron chi connectivity index (χ4n) is 5.56. The summed E-state index contributed by atoms with van der Waals surface area (Å²) in [6.07, 6.45) is -34.0. The van der Waals surface area contributed by atoms with Crippen molar-refractivity contribution in [3.8, 4) is 0 Å². The standard InChI is InChI=1S/C25H42O21/c1-6(29)40-18-7(30)5-39-23(17(18)37)45-20-12(32)9(3-27)43-25(44-19-10(4-28)41-22(38)15(35)14(19)34)21(20)46-24-16(36)13(33)11(31)8(2-26)42-24/h7-28,30-38H,2-5H2,1H3/t7-,8-,9-,10-,11-,12-,13+,14-,15-,16-,17-,18+,19+,20+,21-,22-,23+,24+,25+/m1/s1. The molecule has 0 aromatic rings. The van der Waals surface area contributed by atoms with Crippen LogP contribution in [-0.2, 0) is 42.7 Å². The van der Waals surface area contributed by atoms with Gasteiger partial charge in [-0.3, -0.25) is 4.79 Å². The molecule has 4 aliphatic rings. The summed E-state index contributed by atoms with van der Waals surface area (Å²) in [6, 6.07) is 0. The van der Waals surface area contributed by atoms with Crippen molar-refractivity contribution in [3.63, 3.8) is 0 Å². The summed E-state index contributed by atoms with van der Waals surface area (Å²) in [5.74, 6) is -0.869. The molecule has 21 nitrogen and oxygen atoms in total. The predicted octanol–water partition coefficient (Wildman–Crippen LogP) is -8.54. The van der Waals surface area contributed by atoms with Gasteiger partial charge in [-0.15, -0.1) is 0 Å². The molecule has 4 aliphatic heterocycles. The highest BCUT2D eigenvalue weighted by atomic mass is 16.8. The average Bonchev–Trinajstić information content (AvgIpc) is 3.02. The van der Waals surface area contributed by atoms with Crippen LogP contribution >= 0.6 is 0 Å². The van der Waals surface area contributed by atoms with Gasteiger partial charge < -0.3 is 99.2 Å². The highest BCUT2D eigenvalue weighted by Gasteiger charge is 2.56. The van der Waals surface area contributed by atoms with E-state index < -0.39 is 149 Å². The Labute approximate surface area is 260 Å². The summed E-state index contributed by atoms with van der Waals surface area (Å²) in [6.45, 7) is -2.16. The Morgan fingerprint density at radius 2 is 1.13 bits per heavy atom. The Morgan fingerprint density at radius 1 is 0.565 bits per heavy atom. The lowest BCUT2D eigenvalue weighted by molar-refractivity contribution is -0.402. The van der Waals surface area contributed by atoms with Gasteiger partial charge in [0, 0.05) is 6.92 Å². The lowest BCUT2D eigenvalue weighted by atomic mass is 9.95. The molecule has 0 saturated carbocycles. The smallest absolute Gasteiger partial charge is 0.303 e. The second-order valence-electron chi connectivity index (χ2n) is 11.3. The number of hydrogen-bond acceptors (Lipinski definition) is 21. The molecule has 21 heteroatoms. The molecule has 0 bridgehead atoms. The number of esters is 1. The van der Waals surface area contributed by atoms with E-state index in [0.29, 0.717) is 0 Å². The second-order valence-corrected chi connectivity index (χ2v) is 11.3. The normalized spacial score (nSPS) is 50.2. The van der Waals surface area contributed by atoms with E-state index in [1.165, 1.54) is 0 Å². The molecule has 4 heterocycles. The second kappa shape index (κ2) is 15.9. The van der Waals surface area contributed by atoms with Crippen molar-refractivity contribution in [1.82, 2.24) is 0 Å². The Kier molecular flexibility index (Phi) is 13.0. The maximum Gasteiger partial charge on any atom is 0.303 e. The van der Waals surface area contributed by atoms with E-state index >= 15 is 0 Å². The summed E-state index contributed by atoms with van der Waals surface area (Å²) in [5, 5.41) is 124. The fraction of sp³-hybridized carbons (Fsp3) is 0.960. The minimum atomic E-state index is -2.02. The lowest BCUT2D eigenvalue weighted by Crippen LogP contribution is -2.68. The maximum atomic E-state index is 11.6. The van der Waals surface area contributed by atoms with Gasteiger partial charge in [0.25, 0.3) is 0 Å². The minimum Gasteiger partial charge on any atom is -0.457 e. The number of ether oxygens (including phenoxy) is 8. The molecule has 4 fully saturated rings. The molecule has 19 atom stereocenters. The summed E-state index contributed by atoms with van der Waals surface area (Å²) < 4.78 is 43.9. The van der Waals surface area contributed by atoms with E-state index in [1.807, 2.05) is 0 Å². The highest BCUT2D eigenvalue weighted by Crippen LogP contribution is 2.35. The quantitative estimate of drug-likeness (QED) is 0.0954. The Hall–Kier alpha value is -1.29. The molecule has 0 aromatic heterocycles. The Balaban J connectivity index is 1.69. The van der Waals surface area contributed by atoms with Crippen LogP contribution < -0.4 is 0 Å². The van der Waals surface area contributed by atoms with Crippen LogP contribution in [0.15, 0.2) is 0 Å². The van der Waals surface area contributed by atoms with E-state index in [2.05, 4.69) is 0 Å². The van der Waals surface area contributed by atoms with Crippen LogP contribution in [0.1, 0.15) is 6.92 Å². The molecular formula is C25H42O21. The summed E-state index contributed by atoms with van der Waals surface area (Å²) >= 11 is 0. The van der Waals surface area contributed by atoms with Gasteiger partial charge in [-0.25, -0.2) is 0 Å². The Morgan fingerprint density at radius 3 is 1.74 bits per heavy atom. The van der Waals surface area contributed by atoms with Gasteiger partial charge in [-0.05, 0) is 0 Å². The molecule has 0 radical (unpaired) electrons. The number of aliphatic hydroxyl groups excluding tert-OH is 12. The first-order valence-corrected chi connectivity index (χ1v) is 14.4. The molecular weight excluding hydrogens is 636 g/mol. The van der Waals surface area contributed by atoms with E-state index in [9.17, 15) is 66.1 Å². The lowest BCUT2D eigenvalue weighted by Gasteiger charge is -2.50. The zero-order valence-corrected chi connectivity index (χ0v) is 24.3. The van der Waals surface area contributed by atoms with Crippen LogP contribution in [0.2, 0.25) is 0 Å². The van der Waals surface area contributed by atoms with Gasteiger partial charge in [0.1, 0.15) is 85.5 Å². The molecule has 0 aliphatic carbocycles. The molecule has 12 N–H and O–H groups in total. The van der Waals surface area contributed by atoms with Crippen LogP contribution in [-0.4, -0.2) is 210 Å². The largest absolute Gasteiger partial charge is 0.457 e. The van der Waals surface area contributed by atoms with Gasteiger partial charge in [-0.1, -0.05) is 0 Å². The van der Waals surface area contributed by atoms with Crippen molar-refractivity contribution < 1.29 is 104 Å². The zero-order valence-electron chi connectivity index (χ0n) is 24.3. The molecule has 4 saturated heterocycles. The SMILES string of the molecule is CC(=O)O[C@@H]1[C@@H](O)[C@H](O[C@H]2[C@H](O)[C@@H](CO)O[C@@H](O[C@@H]3[C@H](O)[C@@H](O)[C@H](O)O[C@@H]3CO)[C@@H]2O[C@@H]2O[C@H](CO)[C@@H](O)[C@H](O)[C@H]2O)OC[C@H]1O. The van der Waals surface area contributed by atoms with Crippen molar-refractivity contribution in [1.29, 1.82) is 0 Å². The number of aliphatic hydroxyl groups is 12. The van der Waals surface area contributed by atoms with Gasteiger partial charge in [0.2, 0.25) is 0 Å². The first kappa shape index (κ1) is 37.5. The van der Waals surface area contributed by atoms with Crippen molar-refractivity contribution in [2.75, 3.05) is 26.4 Å². The van der Waals surface area contributed by atoms with Crippen molar-refractivity contribution in [2.45, 2.75) is 124 Å². The first-order valence-electron chi connectivity index (χ1n) is 14.4. The van der Waals surface area contributed by atoms with Crippen LogP contribution in [0, 0.1) is 0 Å². The van der Waals surface area contributed by atoms with Crippen LogP contribution in [0.4, 0.5) is 0 Å². The predicted molar refractivity (Wildman–Crippen MR) is 137 cm³/mol. The Bertz CT molecular complexity index is 972. The molecule has 0 unspecified atom stereocenters. The summed E-state index contributed by atoms with van der Waals surface area (Å²) in [7, 11) is 0. The fourth-order valence-corrected chi connectivity index (χ4v) is 5.56. The molecule has 0 aromatic carbocycles. The van der Waals surface area contributed by atoms with E-state index in [0.717, 1.165) is 6.92 Å². The van der Waals surface area contributed by atoms with Gasteiger partial charge in [0.05, 0.1) is 26.4 Å². The molecule has 0 spiro atoms. The molecule has 0 amide bonds. The van der Waals surface area contributed by atoms with E-state index in [4.69, 9.17) is 37.9 Å². The third-order valence-electron chi connectivity index (χ3n) is 8.09. The number of carbonyl (C=O) groups excluding carboxylic acids is 1. The average molecular weight is 679 g/mol. The van der Waals surface area contributed by atoms with Crippen molar-refractivity contribution in [3.05, 3.63) is 0 Å². The topological polar surface area (TPSA) is 334 Å². The van der Waals surface area contributed by atoms with Gasteiger partial charge >= 0.3 is 5.97 Å².